The minimum absolute atomic E-state index is 0.358. The molecule has 0 bridgehead atoms. The first kappa shape index (κ1) is 25.4. The topological polar surface area (TPSA) is 95.8 Å². The van der Waals surface area contributed by atoms with Crippen LogP contribution in [0.25, 0.3) is 28.1 Å². The van der Waals surface area contributed by atoms with Crippen molar-refractivity contribution < 1.29 is 9.15 Å². The summed E-state index contributed by atoms with van der Waals surface area (Å²) >= 11 is 0. The number of hydrogen-bond donors (Lipinski definition) is 1. The molecule has 0 fully saturated rings. The number of para-hydroxylation sites is 2. The summed E-state index contributed by atoms with van der Waals surface area (Å²) < 4.78 is 15.5. The van der Waals surface area contributed by atoms with E-state index in [1.807, 2.05) is 88.4 Å². The number of hydrogen-bond acceptors (Lipinski definition) is 7. The van der Waals surface area contributed by atoms with Gasteiger partial charge in [0.25, 0.3) is 0 Å². The van der Waals surface area contributed by atoms with Crippen molar-refractivity contribution in [1.82, 2.24) is 30.0 Å². The number of rotatable bonds is 7. The van der Waals surface area contributed by atoms with E-state index in [0.29, 0.717) is 17.3 Å². The van der Waals surface area contributed by atoms with Gasteiger partial charge in [0.1, 0.15) is 23.1 Å². The van der Waals surface area contributed by atoms with E-state index < -0.39 is 6.04 Å². The third kappa shape index (κ3) is 4.59. The van der Waals surface area contributed by atoms with Gasteiger partial charge in [0.05, 0.1) is 18.3 Å². The van der Waals surface area contributed by atoms with Crippen LogP contribution in [0.15, 0.2) is 89.5 Å². The Labute approximate surface area is 232 Å². The minimum Gasteiger partial charge on any atom is -0.497 e. The lowest BCUT2D eigenvalue weighted by Gasteiger charge is -2.25. The Hall–Kier alpha value is -4.92. The zero-order valence-electron chi connectivity index (χ0n) is 23.2. The molecule has 1 N–H and O–H groups in total. The van der Waals surface area contributed by atoms with Crippen LogP contribution in [-0.2, 0) is 5.54 Å². The van der Waals surface area contributed by atoms with Crippen LogP contribution in [0.4, 0.5) is 5.69 Å². The number of methoxy groups -OCH3 is 1. The van der Waals surface area contributed by atoms with E-state index in [-0.39, 0.29) is 5.54 Å². The third-order valence-corrected chi connectivity index (χ3v) is 6.92. The Balaban J connectivity index is 1.59. The van der Waals surface area contributed by atoms with Gasteiger partial charge in [-0.1, -0.05) is 36.4 Å². The number of nitrogens with one attached hydrogen (secondary N) is 1. The van der Waals surface area contributed by atoms with E-state index >= 15 is 0 Å². The molecule has 3 heterocycles. The monoisotopic (exact) mass is 533 g/mol. The molecule has 1 atom stereocenters. The second-order valence-corrected chi connectivity index (χ2v) is 10.7. The van der Waals surface area contributed by atoms with E-state index in [0.717, 1.165) is 39.2 Å². The van der Waals surface area contributed by atoms with Crippen LogP contribution >= 0.6 is 0 Å². The summed E-state index contributed by atoms with van der Waals surface area (Å²) in [7, 11) is 1.66. The largest absolute Gasteiger partial charge is 0.497 e. The van der Waals surface area contributed by atoms with Crippen molar-refractivity contribution in [2.24, 2.45) is 0 Å². The van der Waals surface area contributed by atoms with Crippen LogP contribution in [-0.4, -0.2) is 37.1 Å². The van der Waals surface area contributed by atoms with E-state index in [1.165, 1.54) is 0 Å². The number of aromatic nitrogens is 6. The van der Waals surface area contributed by atoms with Crippen LogP contribution in [0.5, 0.6) is 5.75 Å². The van der Waals surface area contributed by atoms with Gasteiger partial charge >= 0.3 is 0 Å². The Kier molecular flexibility index (Phi) is 6.34. The summed E-state index contributed by atoms with van der Waals surface area (Å²) in [5, 5.41) is 22.8. The van der Waals surface area contributed by atoms with E-state index in [1.54, 1.807) is 7.11 Å². The van der Waals surface area contributed by atoms with Crippen molar-refractivity contribution in [3.05, 3.63) is 102 Å². The van der Waals surface area contributed by atoms with Gasteiger partial charge in [0.2, 0.25) is 0 Å². The first-order valence-electron chi connectivity index (χ1n) is 13.2. The highest BCUT2D eigenvalue weighted by Crippen LogP contribution is 2.39. The van der Waals surface area contributed by atoms with Gasteiger partial charge in [0, 0.05) is 28.4 Å². The first-order chi connectivity index (χ1) is 19.3. The fourth-order valence-corrected chi connectivity index (χ4v) is 4.88. The van der Waals surface area contributed by atoms with E-state index in [9.17, 15) is 0 Å². The van der Waals surface area contributed by atoms with Crippen molar-refractivity contribution in [2.75, 3.05) is 12.4 Å². The highest BCUT2D eigenvalue weighted by molar-refractivity contribution is 5.87. The lowest BCUT2D eigenvalue weighted by molar-refractivity contribution is 0.333. The Morgan fingerprint density at radius 1 is 0.925 bits per heavy atom. The highest BCUT2D eigenvalue weighted by Gasteiger charge is 2.32. The van der Waals surface area contributed by atoms with Crippen molar-refractivity contribution in [1.29, 1.82) is 0 Å². The molecule has 0 saturated heterocycles. The number of aryl methyl sites for hydroxylation is 1. The zero-order valence-corrected chi connectivity index (χ0v) is 23.2. The standard InChI is InChI=1S/C31H31N7O2/c1-20-24-13-9-10-14-26(24)40-29(20)27-25(19-37(34-27)22-11-7-6-8-12-22)28(30-33-35-36-38(30)31(2,3)4)32-21-15-17-23(39-5)18-16-21/h6-19,28,32H,1-5H3. The van der Waals surface area contributed by atoms with Crippen LogP contribution in [0.3, 0.4) is 0 Å². The first-order valence-corrected chi connectivity index (χ1v) is 13.2. The van der Waals surface area contributed by atoms with Gasteiger partial charge in [-0.25, -0.2) is 9.36 Å². The van der Waals surface area contributed by atoms with Gasteiger partial charge in [-0.3, -0.25) is 0 Å². The van der Waals surface area contributed by atoms with Crippen LogP contribution in [0.1, 0.15) is 43.8 Å². The number of nitrogens with zero attached hydrogens (tertiary/aromatic N) is 6. The summed E-state index contributed by atoms with van der Waals surface area (Å²) in [6.45, 7) is 8.30. The fraction of sp³-hybridized carbons (Fsp3) is 0.226. The molecule has 1 unspecified atom stereocenters. The normalized spacial score (nSPS) is 12.5. The Bertz CT molecular complexity index is 1760. The molecular formula is C31H31N7O2. The second kappa shape index (κ2) is 10.00. The number of ether oxygens (including phenoxy) is 1. The number of furan rings is 1. The van der Waals surface area contributed by atoms with Crippen molar-refractivity contribution in [2.45, 2.75) is 39.3 Å². The summed E-state index contributed by atoms with van der Waals surface area (Å²) in [4.78, 5) is 0. The molecule has 6 rings (SSSR count). The number of benzene rings is 3. The predicted octanol–water partition coefficient (Wildman–Crippen LogP) is 6.55. The maximum absolute atomic E-state index is 6.44. The van der Waals surface area contributed by atoms with Gasteiger partial charge < -0.3 is 14.5 Å². The molecule has 3 aromatic carbocycles. The molecule has 0 aliphatic heterocycles. The Morgan fingerprint density at radius 2 is 1.65 bits per heavy atom. The molecule has 40 heavy (non-hydrogen) atoms. The molecule has 0 spiro atoms. The summed E-state index contributed by atoms with van der Waals surface area (Å²) in [6.07, 6.45) is 2.03. The van der Waals surface area contributed by atoms with Crippen molar-refractivity contribution >= 4 is 16.7 Å². The number of fused-ring (bicyclic) bond motifs is 1. The molecular weight excluding hydrogens is 502 g/mol. The van der Waals surface area contributed by atoms with Gasteiger partial charge in [0.15, 0.2) is 11.6 Å². The van der Waals surface area contributed by atoms with E-state index in [2.05, 4.69) is 54.6 Å². The van der Waals surface area contributed by atoms with Gasteiger partial charge in [-0.2, -0.15) is 5.10 Å². The highest BCUT2D eigenvalue weighted by atomic mass is 16.5. The van der Waals surface area contributed by atoms with Gasteiger partial charge in [-0.05, 0) is 80.6 Å². The smallest absolute Gasteiger partial charge is 0.178 e. The zero-order chi connectivity index (χ0) is 27.9. The SMILES string of the molecule is COc1ccc(NC(c2cn(-c3ccccc3)nc2-c2oc3ccccc3c2C)c2nnnn2C(C)(C)C)cc1. The molecule has 9 nitrogen and oxygen atoms in total. The number of anilines is 1. The molecule has 202 valence electrons. The molecule has 9 heteroatoms. The lowest BCUT2D eigenvalue weighted by atomic mass is 10.0. The summed E-state index contributed by atoms with van der Waals surface area (Å²) in [5.74, 6) is 2.14. The quantitative estimate of drug-likeness (QED) is 0.249. The van der Waals surface area contributed by atoms with Crippen molar-refractivity contribution in [3.8, 4) is 22.9 Å². The summed E-state index contributed by atoms with van der Waals surface area (Å²) in [6, 6.07) is 25.4. The van der Waals surface area contributed by atoms with Crippen LogP contribution < -0.4 is 10.1 Å². The van der Waals surface area contributed by atoms with Crippen LogP contribution in [0.2, 0.25) is 0 Å². The van der Waals surface area contributed by atoms with Crippen molar-refractivity contribution in [3.63, 3.8) is 0 Å². The van der Waals surface area contributed by atoms with Crippen LogP contribution in [0, 0.1) is 6.92 Å². The average molecular weight is 534 g/mol. The fourth-order valence-electron chi connectivity index (χ4n) is 4.88. The van der Waals surface area contributed by atoms with Gasteiger partial charge in [-0.15, -0.1) is 5.10 Å². The maximum Gasteiger partial charge on any atom is 0.178 e. The summed E-state index contributed by atoms with van der Waals surface area (Å²) in [5.41, 5.74) is 4.89. The Morgan fingerprint density at radius 3 is 2.35 bits per heavy atom. The lowest BCUT2D eigenvalue weighted by Crippen LogP contribution is -2.29. The predicted molar refractivity (Wildman–Crippen MR) is 155 cm³/mol. The third-order valence-electron chi connectivity index (χ3n) is 6.92. The molecule has 0 aliphatic rings. The molecule has 6 aromatic rings. The molecule has 3 aromatic heterocycles. The average Bonchev–Trinajstić information content (AvgIpc) is 3.70. The molecule has 0 amide bonds. The maximum atomic E-state index is 6.44. The molecule has 0 radical (unpaired) electrons. The minimum atomic E-state index is -0.456. The molecule has 0 aliphatic carbocycles. The number of tetrazole rings is 1. The molecule has 0 saturated carbocycles. The van der Waals surface area contributed by atoms with E-state index in [4.69, 9.17) is 14.3 Å². The second-order valence-electron chi connectivity index (χ2n) is 10.7.